The third kappa shape index (κ3) is 5.28. The number of aromatic nitrogens is 1. The van der Waals surface area contributed by atoms with Gasteiger partial charge in [-0.25, -0.2) is 8.42 Å². The predicted molar refractivity (Wildman–Crippen MR) is 122 cm³/mol. The number of hydrogen-bond donors (Lipinski definition) is 0. The first-order chi connectivity index (χ1) is 14.6. The summed E-state index contributed by atoms with van der Waals surface area (Å²) in [5.41, 5.74) is 4.43. The monoisotopic (exact) mass is 442 g/mol. The summed E-state index contributed by atoms with van der Waals surface area (Å²) < 4.78 is 39.5. The molecule has 2 aromatic carbocycles. The summed E-state index contributed by atoms with van der Waals surface area (Å²) in [6, 6.07) is 12.4. The quantitative estimate of drug-likeness (QED) is 0.471. The van der Waals surface area contributed by atoms with Crippen LogP contribution in [0.15, 0.2) is 51.9 Å². The van der Waals surface area contributed by atoms with Crippen molar-refractivity contribution in [1.29, 1.82) is 0 Å². The molecule has 0 aliphatic rings. The maximum atomic E-state index is 13.5. The molecule has 6 nitrogen and oxygen atoms in total. The van der Waals surface area contributed by atoms with E-state index in [1.807, 2.05) is 59.7 Å². The van der Waals surface area contributed by atoms with Crippen LogP contribution in [-0.2, 0) is 16.6 Å². The SMILES string of the molecule is Cc1cc(C)cc(N(CC(C)C)S(=O)(=O)c2ccc(OCc3c(C)noc3C)cc2)c1. The van der Waals surface area contributed by atoms with Gasteiger partial charge in [-0.05, 0) is 81.1 Å². The highest BCUT2D eigenvalue weighted by atomic mass is 32.2. The van der Waals surface area contributed by atoms with Gasteiger partial charge in [-0.1, -0.05) is 25.1 Å². The molecular formula is C24H30N2O4S. The van der Waals surface area contributed by atoms with Crippen LogP contribution in [0.2, 0.25) is 0 Å². The van der Waals surface area contributed by atoms with Crippen LogP contribution in [0.1, 0.15) is 42.0 Å². The second kappa shape index (κ2) is 9.14. The maximum Gasteiger partial charge on any atom is 0.264 e. The normalized spacial score (nSPS) is 11.7. The molecule has 31 heavy (non-hydrogen) atoms. The van der Waals surface area contributed by atoms with E-state index >= 15 is 0 Å². The molecule has 0 amide bonds. The molecule has 0 atom stereocenters. The number of hydrogen-bond acceptors (Lipinski definition) is 5. The van der Waals surface area contributed by atoms with E-state index in [-0.39, 0.29) is 10.8 Å². The van der Waals surface area contributed by atoms with E-state index in [0.29, 0.717) is 24.6 Å². The van der Waals surface area contributed by atoms with E-state index < -0.39 is 10.0 Å². The van der Waals surface area contributed by atoms with Crippen molar-refractivity contribution in [2.45, 2.75) is 53.0 Å². The van der Waals surface area contributed by atoms with Crippen LogP contribution in [0.25, 0.3) is 0 Å². The summed E-state index contributed by atoms with van der Waals surface area (Å²) in [5.74, 6) is 1.48. The molecule has 0 bridgehead atoms. The molecular weight excluding hydrogens is 412 g/mol. The van der Waals surface area contributed by atoms with Gasteiger partial charge in [-0.2, -0.15) is 0 Å². The second-order valence-electron chi connectivity index (χ2n) is 8.34. The van der Waals surface area contributed by atoms with Crippen molar-refractivity contribution in [2.24, 2.45) is 5.92 Å². The van der Waals surface area contributed by atoms with Gasteiger partial charge >= 0.3 is 0 Å². The number of nitrogens with zero attached hydrogens (tertiary/aromatic N) is 2. The average Bonchev–Trinajstić information content (AvgIpc) is 3.01. The fourth-order valence-corrected chi connectivity index (χ4v) is 5.08. The van der Waals surface area contributed by atoms with Crippen LogP contribution in [0.4, 0.5) is 5.69 Å². The van der Waals surface area contributed by atoms with Crippen molar-refractivity contribution in [2.75, 3.05) is 10.8 Å². The highest BCUT2D eigenvalue weighted by Crippen LogP contribution is 2.28. The standard InChI is InChI=1S/C24H30N2O4S/c1-16(2)14-26(21-12-17(3)11-18(4)13-21)31(27,28)23-9-7-22(8-10-23)29-15-24-19(5)25-30-20(24)6/h7-13,16H,14-15H2,1-6H3. The molecule has 1 heterocycles. The van der Waals surface area contributed by atoms with Crippen LogP contribution in [0.3, 0.4) is 0 Å². The maximum absolute atomic E-state index is 13.5. The smallest absolute Gasteiger partial charge is 0.264 e. The van der Waals surface area contributed by atoms with Gasteiger partial charge in [-0.3, -0.25) is 4.31 Å². The lowest BCUT2D eigenvalue weighted by Crippen LogP contribution is -2.34. The fourth-order valence-electron chi connectivity index (χ4n) is 3.47. The average molecular weight is 443 g/mol. The molecule has 0 radical (unpaired) electrons. The zero-order valence-electron chi connectivity index (χ0n) is 19.0. The first-order valence-electron chi connectivity index (χ1n) is 10.3. The van der Waals surface area contributed by atoms with E-state index in [2.05, 4.69) is 5.16 Å². The van der Waals surface area contributed by atoms with Gasteiger partial charge in [0, 0.05) is 6.54 Å². The second-order valence-corrected chi connectivity index (χ2v) is 10.2. The lowest BCUT2D eigenvalue weighted by atomic mass is 10.1. The van der Waals surface area contributed by atoms with E-state index in [0.717, 1.165) is 28.1 Å². The summed E-state index contributed by atoms with van der Waals surface area (Å²) in [6.45, 7) is 12.4. The number of ether oxygens (including phenoxy) is 1. The fraction of sp³-hybridized carbons (Fsp3) is 0.375. The van der Waals surface area contributed by atoms with Crippen molar-refractivity contribution >= 4 is 15.7 Å². The Morgan fingerprint density at radius 1 is 1.00 bits per heavy atom. The minimum Gasteiger partial charge on any atom is -0.489 e. The number of sulfonamides is 1. The molecule has 3 rings (SSSR count). The summed E-state index contributed by atoms with van der Waals surface area (Å²) in [7, 11) is -3.72. The highest BCUT2D eigenvalue weighted by molar-refractivity contribution is 7.92. The van der Waals surface area contributed by atoms with Gasteiger partial charge in [0.2, 0.25) is 0 Å². The van der Waals surface area contributed by atoms with Crippen LogP contribution in [0.5, 0.6) is 5.75 Å². The highest BCUT2D eigenvalue weighted by Gasteiger charge is 2.26. The Balaban J connectivity index is 1.86. The van der Waals surface area contributed by atoms with Gasteiger partial charge < -0.3 is 9.26 Å². The van der Waals surface area contributed by atoms with Crippen molar-refractivity contribution in [3.63, 3.8) is 0 Å². The summed E-state index contributed by atoms with van der Waals surface area (Å²) >= 11 is 0. The van der Waals surface area contributed by atoms with Crippen LogP contribution in [-0.4, -0.2) is 20.1 Å². The summed E-state index contributed by atoms with van der Waals surface area (Å²) in [6.07, 6.45) is 0. The van der Waals surface area contributed by atoms with E-state index in [9.17, 15) is 8.42 Å². The number of rotatable bonds is 8. The molecule has 0 aliphatic carbocycles. The Labute approximate surface area is 184 Å². The predicted octanol–water partition coefficient (Wildman–Crippen LogP) is 5.34. The van der Waals surface area contributed by atoms with Crippen LogP contribution in [0, 0.1) is 33.6 Å². The Morgan fingerprint density at radius 2 is 1.61 bits per heavy atom. The Hall–Kier alpha value is -2.80. The van der Waals surface area contributed by atoms with Gasteiger partial charge in [0.1, 0.15) is 18.1 Å². The third-order valence-corrected chi connectivity index (χ3v) is 6.81. The minimum atomic E-state index is -3.72. The molecule has 0 saturated carbocycles. The summed E-state index contributed by atoms with van der Waals surface area (Å²) in [4.78, 5) is 0.233. The number of aryl methyl sites for hydroxylation is 4. The molecule has 3 aromatic rings. The lowest BCUT2D eigenvalue weighted by molar-refractivity contribution is 0.301. The molecule has 0 N–H and O–H groups in total. The molecule has 0 spiro atoms. The van der Waals surface area contributed by atoms with Crippen molar-refractivity contribution in [1.82, 2.24) is 5.16 Å². The van der Waals surface area contributed by atoms with Gasteiger partial charge in [0.25, 0.3) is 10.0 Å². The zero-order chi connectivity index (χ0) is 22.8. The Morgan fingerprint density at radius 3 is 2.13 bits per heavy atom. The molecule has 0 fully saturated rings. The van der Waals surface area contributed by atoms with E-state index in [4.69, 9.17) is 9.26 Å². The Bertz CT molecular complexity index is 1110. The number of benzene rings is 2. The zero-order valence-corrected chi connectivity index (χ0v) is 19.8. The van der Waals surface area contributed by atoms with Gasteiger partial charge in [0.05, 0.1) is 21.8 Å². The van der Waals surface area contributed by atoms with E-state index in [1.54, 1.807) is 24.3 Å². The van der Waals surface area contributed by atoms with Crippen molar-refractivity contribution in [3.8, 4) is 5.75 Å². The molecule has 1 aromatic heterocycles. The van der Waals surface area contributed by atoms with E-state index in [1.165, 1.54) is 4.31 Å². The first kappa shape index (κ1) is 22.9. The largest absolute Gasteiger partial charge is 0.489 e. The molecule has 0 saturated heterocycles. The summed E-state index contributed by atoms with van der Waals surface area (Å²) in [5, 5.41) is 3.92. The van der Waals surface area contributed by atoms with Crippen LogP contribution >= 0.6 is 0 Å². The van der Waals surface area contributed by atoms with Crippen molar-refractivity contribution in [3.05, 3.63) is 70.6 Å². The first-order valence-corrected chi connectivity index (χ1v) is 11.8. The topological polar surface area (TPSA) is 72.6 Å². The molecule has 0 aliphatic heterocycles. The minimum absolute atomic E-state index is 0.174. The Kier molecular flexibility index (Phi) is 6.74. The van der Waals surface area contributed by atoms with Gasteiger partial charge in [0.15, 0.2) is 0 Å². The molecule has 166 valence electrons. The molecule has 7 heteroatoms. The molecule has 0 unspecified atom stereocenters. The van der Waals surface area contributed by atoms with Crippen LogP contribution < -0.4 is 9.04 Å². The van der Waals surface area contributed by atoms with Gasteiger partial charge in [-0.15, -0.1) is 0 Å². The lowest BCUT2D eigenvalue weighted by Gasteiger charge is -2.27. The third-order valence-electron chi connectivity index (χ3n) is 5.00. The van der Waals surface area contributed by atoms with Crippen molar-refractivity contribution < 1.29 is 17.7 Å². The number of anilines is 1.